The van der Waals surface area contributed by atoms with Crippen molar-refractivity contribution in [2.24, 2.45) is 5.92 Å². The van der Waals surface area contributed by atoms with Crippen LogP contribution in [0.4, 0.5) is 0 Å². The second-order valence-corrected chi connectivity index (χ2v) is 5.09. The zero-order valence-corrected chi connectivity index (χ0v) is 11.6. The Morgan fingerprint density at radius 3 is 2.78 bits per heavy atom. The topological polar surface area (TPSA) is 46.6 Å². The number of hydrogen-bond donors (Lipinski definition) is 0. The summed E-state index contributed by atoms with van der Waals surface area (Å²) >= 11 is 3.36. The van der Waals surface area contributed by atoms with Crippen LogP contribution in [0, 0.1) is 5.92 Å². The highest BCUT2D eigenvalue weighted by Gasteiger charge is 2.32. The molecular formula is C13H14BrNO3. The molecule has 1 atom stereocenters. The maximum absolute atomic E-state index is 12.3. The van der Waals surface area contributed by atoms with E-state index in [-0.39, 0.29) is 17.8 Å². The van der Waals surface area contributed by atoms with Crippen molar-refractivity contribution in [3.05, 3.63) is 34.3 Å². The molecule has 5 heteroatoms. The molecule has 0 bridgehead atoms. The maximum Gasteiger partial charge on any atom is 0.310 e. The summed E-state index contributed by atoms with van der Waals surface area (Å²) in [5.41, 5.74) is 0.628. The molecule has 1 saturated heterocycles. The summed E-state index contributed by atoms with van der Waals surface area (Å²) in [5.74, 6) is -0.479. The molecule has 1 aromatic carbocycles. The number of esters is 1. The summed E-state index contributed by atoms with van der Waals surface area (Å²) < 4.78 is 5.48. The van der Waals surface area contributed by atoms with Gasteiger partial charge in [0.15, 0.2) is 0 Å². The minimum Gasteiger partial charge on any atom is -0.469 e. The van der Waals surface area contributed by atoms with Crippen LogP contribution in [0.25, 0.3) is 0 Å². The molecule has 1 amide bonds. The predicted octanol–water partition coefficient (Wildman–Crippen LogP) is 2.08. The molecule has 0 aromatic heterocycles. The van der Waals surface area contributed by atoms with Crippen LogP contribution >= 0.6 is 15.9 Å². The Kier molecular flexibility index (Phi) is 4.01. The Hall–Kier alpha value is -1.36. The minimum absolute atomic E-state index is 0.0473. The van der Waals surface area contributed by atoms with E-state index in [1.165, 1.54) is 7.11 Å². The highest BCUT2D eigenvalue weighted by molar-refractivity contribution is 9.10. The fourth-order valence-electron chi connectivity index (χ4n) is 2.11. The highest BCUT2D eigenvalue weighted by Crippen LogP contribution is 2.23. The van der Waals surface area contributed by atoms with Crippen LogP contribution < -0.4 is 0 Å². The van der Waals surface area contributed by atoms with E-state index in [1.807, 2.05) is 18.2 Å². The molecule has 1 unspecified atom stereocenters. The summed E-state index contributed by atoms with van der Waals surface area (Å²) in [4.78, 5) is 25.4. The first-order valence-electron chi connectivity index (χ1n) is 5.75. The molecule has 0 saturated carbocycles. The maximum atomic E-state index is 12.3. The number of carbonyl (C=O) groups excluding carboxylic acids is 2. The van der Waals surface area contributed by atoms with Gasteiger partial charge < -0.3 is 9.64 Å². The smallest absolute Gasteiger partial charge is 0.310 e. The standard InChI is InChI=1S/C13H14BrNO3/c1-18-13(17)9-6-7-15(8-9)12(16)10-4-2-3-5-11(10)14/h2-5,9H,6-8H2,1H3. The van der Waals surface area contributed by atoms with Crippen molar-refractivity contribution in [1.29, 1.82) is 0 Å². The van der Waals surface area contributed by atoms with Gasteiger partial charge in [0.1, 0.15) is 0 Å². The predicted molar refractivity (Wildman–Crippen MR) is 70.2 cm³/mol. The van der Waals surface area contributed by atoms with Gasteiger partial charge in [0.2, 0.25) is 0 Å². The number of hydrogen-bond acceptors (Lipinski definition) is 3. The van der Waals surface area contributed by atoms with Crippen molar-refractivity contribution in [1.82, 2.24) is 4.90 Å². The van der Waals surface area contributed by atoms with Crippen LogP contribution in [0.5, 0.6) is 0 Å². The molecule has 0 radical (unpaired) electrons. The van der Waals surface area contributed by atoms with Gasteiger partial charge in [0.25, 0.3) is 5.91 Å². The number of nitrogens with zero attached hydrogens (tertiary/aromatic N) is 1. The molecule has 96 valence electrons. The van der Waals surface area contributed by atoms with Gasteiger partial charge in [-0.05, 0) is 34.5 Å². The average Bonchev–Trinajstić information content (AvgIpc) is 2.87. The van der Waals surface area contributed by atoms with Gasteiger partial charge in [-0.2, -0.15) is 0 Å². The van der Waals surface area contributed by atoms with Gasteiger partial charge in [-0.25, -0.2) is 0 Å². The van der Waals surface area contributed by atoms with Crippen LogP contribution in [-0.4, -0.2) is 37.0 Å². The van der Waals surface area contributed by atoms with Crippen LogP contribution in [-0.2, 0) is 9.53 Å². The molecule has 0 N–H and O–H groups in total. The van der Waals surface area contributed by atoms with E-state index >= 15 is 0 Å². The lowest BCUT2D eigenvalue weighted by Crippen LogP contribution is -2.30. The third kappa shape index (κ3) is 2.56. The molecule has 0 spiro atoms. The fourth-order valence-corrected chi connectivity index (χ4v) is 2.56. The summed E-state index contributed by atoms with van der Waals surface area (Å²) in [6.45, 7) is 1.03. The number of carbonyl (C=O) groups is 2. The van der Waals surface area contributed by atoms with E-state index in [9.17, 15) is 9.59 Å². The van der Waals surface area contributed by atoms with E-state index in [0.29, 0.717) is 25.1 Å². The largest absolute Gasteiger partial charge is 0.469 e. The minimum atomic E-state index is -0.238. The second-order valence-electron chi connectivity index (χ2n) is 4.24. The van der Waals surface area contributed by atoms with E-state index in [2.05, 4.69) is 15.9 Å². The summed E-state index contributed by atoms with van der Waals surface area (Å²) in [5, 5.41) is 0. The second kappa shape index (κ2) is 5.52. The Morgan fingerprint density at radius 2 is 2.11 bits per heavy atom. The zero-order chi connectivity index (χ0) is 13.1. The molecule has 1 aliphatic heterocycles. The van der Waals surface area contributed by atoms with Crippen LogP contribution in [0.15, 0.2) is 28.7 Å². The molecule has 18 heavy (non-hydrogen) atoms. The molecule has 4 nitrogen and oxygen atoms in total. The number of methoxy groups -OCH3 is 1. The molecule has 1 heterocycles. The van der Waals surface area contributed by atoms with Crippen molar-refractivity contribution in [2.45, 2.75) is 6.42 Å². The third-order valence-electron chi connectivity index (χ3n) is 3.11. The number of likely N-dealkylation sites (tertiary alicyclic amines) is 1. The third-order valence-corrected chi connectivity index (χ3v) is 3.81. The Bertz CT molecular complexity index is 475. The van der Waals surface area contributed by atoms with E-state index in [0.717, 1.165) is 4.47 Å². The molecule has 1 aliphatic rings. The first-order valence-corrected chi connectivity index (χ1v) is 6.54. The average molecular weight is 312 g/mol. The monoisotopic (exact) mass is 311 g/mol. The van der Waals surface area contributed by atoms with E-state index < -0.39 is 0 Å². The lowest BCUT2D eigenvalue weighted by molar-refractivity contribution is -0.144. The van der Waals surface area contributed by atoms with Crippen LogP contribution in [0.3, 0.4) is 0 Å². The van der Waals surface area contributed by atoms with Crippen molar-refractivity contribution in [3.8, 4) is 0 Å². The normalized spacial score (nSPS) is 18.8. The summed E-state index contributed by atoms with van der Waals surface area (Å²) in [7, 11) is 1.38. The van der Waals surface area contributed by atoms with Gasteiger partial charge in [-0.15, -0.1) is 0 Å². The van der Waals surface area contributed by atoms with Crippen molar-refractivity contribution in [2.75, 3.05) is 20.2 Å². The zero-order valence-electron chi connectivity index (χ0n) is 10.1. The van der Waals surface area contributed by atoms with Crippen molar-refractivity contribution < 1.29 is 14.3 Å². The highest BCUT2D eigenvalue weighted by atomic mass is 79.9. The molecule has 0 aliphatic carbocycles. The van der Waals surface area contributed by atoms with Crippen molar-refractivity contribution in [3.63, 3.8) is 0 Å². The number of rotatable bonds is 2. The van der Waals surface area contributed by atoms with Crippen LogP contribution in [0.1, 0.15) is 16.8 Å². The quantitative estimate of drug-likeness (QED) is 0.786. The van der Waals surface area contributed by atoms with Gasteiger partial charge in [-0.3, -0.25) is 9.59 Å². The first kappa shape index (κ1) is 13.1. The van der Waals surface area contributed by atoms with Gasteiger partial charge in [-0.1, -0.05) is 12.1 Å². The number of halogens is 1. The van der Waals surface area contributed by atoms with Gasteiger partial charge in [0, 0.05) is 17.6 Å². The van der Waals surface area contributed by atoms with Gasteiger partial charge >= 0.3 is 5.97 Å². The lowest BCUT2D eigenvalue weighted by atomic mass is 10.1. The Labute approximate surface area is 114 Å². The fraction of sp³-hybridized carbons (Fsp3) is 0.385. The van der Waals surface area contributed by atoms with Gasteiger partial charge in [0.05, 0.1) is 18.6 Å². The first-order chi connectivity index (χ1) is 8.63. The molecule has 1 fully saturated rings. The van der Waals surface area contributed by atoms with Crippen LogP contribution in [0.2, 0.25) is 0 Å². The molecule has 2 rings (SSSR count). The SMILES string of the molecule is COC(=O)C1CCN(C(=O)c2ccccc2Br)C1. The lowest BCUT2D eigenvalue weighted by Gasteiger charge is -2.16. The number of benzene rings is 1. The number of ether oxygens (including phenoxy) is 1. The summed E-state index contributed by atoms with van der Waals surface area (Å²) in [6, 6.07) is 7.30. The molecular weight excluding hydrogens is 298 g/mol. The Morgan fingerprint density at radius 1 is 1.39 bits per heavy atom. The molecule has 1 aromatic rings. The Balaban J connectivity index is 2.08. The van der Waals surface area contributed by atoms with Crippen molar-refractivity contribution >= 4 is 27.8 Å². The number of amides is 1. The summed E-state index contributed by atoms with van der Waals surface area (Å²) in [6.07, 6.45) is 0.670. The van der Waals surface area contributed by atoms with E-state index in [4.69, 9.17) is 4.74 Å². The van der Waals surface area contributed by atoms with E-state index in [1.54, 1.807) is 11.0 Å².